The van der Waals surface area contributed by atoms with Gasteiger partial charge in [0.25, 0.3) is 0 Å². The first-order chi connectivity index (χ1) is 9.38. The molecule has 0 spiro atoms. The van der Waals surface area contributed by atoms with E-state index in [0.717, 1.165) is 25.8 Å². The van der Waals surface area contributed by atoms with Crippen LogP contribution < -0.4 is 10.6 Å². The zero-order chi connectivity index (χ0) is 14.8. The Morgan fingerprint density at radius 2 is 2.14 bits per heavy atom. The minimum atomic E-state index is -0.269. The van der Waals surface area contributed by atoms with Gasteiger partial charge in [0.15, 0.2) is 5.82 Å². The van der Waals surface area contributed by atoms with E-state index in [1.54, 1.807) is 0 Å². The lowest BCUT2D eigenvalue weighted by Gasteiger charge is -2.23. The van der Waals surface area contributed by atoms with Gasteiger partial charge in [-0.15, -0.1) is 12.4 Å². The molecular formula is C14H25ClN4O2. The van der Waals surface area contributed by atoms with Crippen molar-refractivity contribution in [1.82, 2.24) is 20.8 Å². The second kappa shape index (κ2) is 7.22. The number of rotatable bonds is 3. The van der Waals surface area contributed by atoms with E-state index in [4.69, 9.17) is 4.52 Å². The molecule has 0 aromatic carbocycles. The van der Waals surface area contributed by atoms with Gasteiger partial charge < -0.3 is 15.2 Å². The summed E-state index contributed by atoms with van der Waals surface area (Å²) in [6, 6.07) is -0.369. The van der Waals surface area contributed by atoms with Gasteiger partial charge in [-0.3, -0.25) is 4.79 Å². The van der Waals surface area contributed by atoms with E-state index in [0.29, 0.717) is 11.7 Å². The number of aromatic nitrogens is 2. The lowest BCUT2D eigenvalue weighted by Crippen LogP contribution is -2.47. The summed E-state index contributed by atoms with van der Waals surface area (Å²) in [4.78, 5) is 16.5. The zero-order valence-electron chi connectivity index (χ0n) is 13.1. The van der Waals surface area contributed by atoms with Crippen molar-refractivity contribution in [3.8, 4) is 0 Å². The van der Waals surface area contributed by atoms with Crippen molar-refractivity contribution in [2.45, 2.75) is 64.5 Å². The first-order valence-corrected chi connectivity index (χ1v) is 7.26. The number of carbonyl (C=O) groups is 1. The molecule has 1 amide bonds. The number of hydrogen-bond donors (Lipinski definition) is 2. The minimum absolute atomic E-state index is 0. The number of hydrogen-bond acceptors (Lipinski definition) is 5. The molecule has 1 saturated heterocycles. The second-order valence-electron chi connectivity index (χ2n) is 6.44. The number of piperidine rings is 1. The van der Waals surface area contributed by atoms with Crippen LogP contribution in [0.5, 0.6) is 0 Å². The third-order valence-electron chi connectivity index (χ3n) is 3.47. The molecule has 1 aliphatic rings. The number of halogens is 1. The van der Waals surface area contributed by atoms with Gasteiger partial charge in [-0.1, -0.05) is 32.3 Å². The summed E-state index contributed by atoms with van der Waals surface area (Å²) in [7, 11) is 0. The average molecular weight is 317 g/mol. The maximum absolute atomic E-state index is 12.1. The van der Waals surface area contributed by atoms with Crippen LogP contribution in [0.15, 0.2) is 4.52 Å². The van der Waals surface area contributed by atoms with Gasteiger partial charge in [0.2, 0.25) is 11.8 Å². The topological polar surface area (TPSA) is 80.0 Å². The second-order valence-corrected chi connectivity index (χ2v) is 6.44. The fourth-order valence-corrected chi connectivity index (χ4v) is 2.17. The number of nitrogens with one attached hydrogen (secondary N) is 2. The van der Waals surface area contributed by atoms with Crippen LogP contribution in [0.4, 0.5) is 0 Å². The summed E-state index contributed by atoms with van der Waals surface area (Å²) >= 11 is 0. The molecule has 2 rings (SSSR count). The van der Waals surface area contributed by atoms with Gasteiger partial charge in [-0.25, -0.2) is 0 Å². The lowest BCUT2D eigenvalue weighted by atomic mass is 9.96. The molecule has 21 heavy (non-hydrogen) atoms. The SMILES string of the molecule is CC(NC(=O)C1CCCCN1)c1nc(C(C)(C)C)no1.Cl. The summed E-state index contributed by atoms with van der Waals surface area (Å²) in [6.45, 7) is 8.84. The molecule has 0 saturated carbocycles. The van der Waals surface area contributed by atoms with E-state index in [1.165, 1.54) is 0 Å². The zero-order valence-corrected chi connectivity index (χ0v) is 13.9. The third-order valence-corrected chi connectivity index (χ3v) is 3.47. The molecule has 2 N–H and O–H groups in total. The van der Waals surface area contributed by atoms with Crippen LogP contribution in [0, 0.1) is 0 Å². The van der Waals surface area contributed by atoms with Crippen LogP contribution in [-0.2, 0) is 10.2 Å². The highest BCUT2D eigenvalue weighted by atomic mass is 35.5. The van der Waals surface area contributed by atoms with E-state index in [9.17, 15) is 4.79 Å². The molecule has 0 aliphatic carbocycles. The van der Waals surface area contributed by atoms with Crippen LogP contribution in [-0.4, -0.2) is 28.6 Å². The standard InChI is InChI=1S/C14H24N4O2.ClH/c1-9(12-17-13(18-20-12)14(2,3)4)16-11(19)10-7-5-6-8-15-10;/h9-10,15H,5-8H2,1-4H3,(H,16,19);1H. The molecule has 1 aliphatic heterocycles. The Labute approximate surface area is 131 Å². The maximum Gasteiger partial charge on any atom is 0.248 e. The van der Waals surface area contributed by atoms with E-state index in [2.05, 4.69) is 20.8 Å². The molecule has 0 radical (unpaired) electrons. The van der Waals surface area contributed by atoms with Crippen molar-refractivity contribution in [3.05, 3.63) is 11.7 Å². The van der Waals surface area contributed by atoms with Crippen LogP contribution in [0.3, 0.4) is 0 Å². The molecule has 6 nitrogen and oxygen atoms in total. The highest BCUT2D eigenvalue weighted by Crippen LogP contribution is 2.20. The van der Waals surface area contributed by atoms with Crippen molar-refractivity contribution in [3.63, 3.8) is 0 Å². The van der Waals surface area contributed by atoms with Gasteiger partial charge in [-0.05, 0) is 26.3 Å². The van der Waals surface area contributed by atoms with Crippen molar-refractivity contribution >= 4 is 18.3 Å². The smallest absolute Gasteiger partial charge is 0.248 e. The Morgan fingerprint density at radius 3 is 2.67 bits per heavy atom. The van der Waals surface area contributed by atoms with Crippen LogP contribution in [0.2, 0.25) is 0 Å². The molecule has 120 valence electrons. The highest BCUT2D eigenvalue weighted by Gasteiger charge is 2.26. The van der Waals surface area contributed by atoms with Gasteiger partial charge in [0, 0.05) is 5.41 Å². The van der Waals surface area contributed by atoms with Crippen molar-refractivity contribution in [2.75, 3.05) is 6.54 Å². The number of amides is 1. The quantitative estimate of drug-likeness (QED) is 0.892. The molecule has 1 aromatic rings. The Kier molecular flexibility index (Phi) is 6.16. The fourth-order valence-electron chi connectivity index (χ4n) is 2.17. The Balaban J connectivity index is 0.00000220. The van der Waals surface area contributed by atoms with Gasteiger partial charge >= 0.3 is 0 Å². The van der Waals surface area contributed by atoms with E-state index in [1.807, 2.05) is 27.7 Å². The summed E-state index contributed by atoms with van der Waals surface area (Å²) in [5.41, 5.74) is -0.156. The van der Waals surface area contributed by atoms with Crippen LogP contribution in [0.1, 0.15) is 64.7 Å². The van der Waals surface area contributed by atoms with Gasteiger partial charge in [-0.2, -0.15) is 4.98 Å². The van der Waals surface area contributed by atoms with Gasteiger partial charge in [0.05, 0.1) is 6.04 Å². The van der Waals surface area contributed by atoms with Crippen LogP contribution in [0.25, 0.3) is 0 Å². The highest BCUT2D eigenvalue weighted by molar-refractivity contribution is 5.85. The molecular weight excluding hydrogens is 292 g/mol. The fraction of sp³-hybridized carbons (Fsp3) is 0.786. The largest absolute Gasteiger partial charge is 0.343 e. The van der Waals surface area contributed by atoms with Crippen molar-refractivity contribution in [1.29, 1.82) is 0 Å². The summed E-state index contributed by atoms with van der Waals surface area (Å²) in [5.74, 6) is 1.12. The number of nitrogens with zero attached hydrogens (tertiary/aromatic N) is 2. The monoisotopic (exact) mass is 316 g/mol. The van der Waals surface area contributed by atoms with E-state index >= 15 is 0 Å². The number of carbonyl (C=O) groups excluding carboxylic acids is 1. The Morgan fingerprint density at radius 1 is 1.43 bits per heavy atom. The lowest BCUT2D eigenvalue weighted by molar-refractivity contribution is -0.124. The minimum Gasteiger partial charge on any atom is -0.343 e. The summed E-state index contributed by atoms with van der Waals surface area (Å²) < 4.78 is 5.24. The molecule has 2 unspecified atom stereocenters. The summed E-state index contributed by atoms with van der Waals surface area (Å²) in [5, 5.41) is 10.1. The molecule has 2 heterocycles. The molecule has 0 bridgehead atoms. The van der Waals surface area contributed by atoms with Crippen molar-refractivity contribution < 1.29 is 9.32 Å². The average Bonchev–Trinajstić information content (AvgIpc) is 2.89. The molecule has 1 fully saturated rings. The molecule has 2 atom stereocenters. The Hall–Kier alpha value is -1.14. The Bertz CT molecular complexity index is 464. The predicted octanol–water partition coefficient (Wildman–Crippen LogP) is 2.11. The normalized spacial score (nSPS) is 20.5. The molecule has 7 heteroatoms. The maximum atomic E-state index is 12.1. The first kappa shape index (κ1) is 17.9. The first-order valence-electron chi connectivity index (χ1n) is 7.26. The third kappa shape index (κ3) is 4.68. The molecule has 1 aromatic heterocycles. The summed E-state index contributed by atoms with van der Waals surface area (Å²) in [6.07, 6.45) is 3.11. The van der Waals surface area contributed by atoms with E-state index < -0.39 is 0 Å². The predicted molar refractivity (Wildman–Crippen MR) is 82.4 cm³/mol. The van der Waals surface area contributed by atoms with E-state index in [-0.39, 0.29) is 35.8 Å². The van der Waals surface area contributed by atoms with Crippen LogP contribution >= 0.6 is 12.4 Å². The van der Waals surface area contributed by atoms with Crippen molar-refractivity contribution in [2.24, 2.45) is 0 Å². The van der Waals surface area contributed by atoms with Gasteiger partial charge in [0.1, 0.15) is 6.04 Å².